The number of nitrogens with one attached hydrogen (secondary N) is 2. The van der Waals surface area contributed by atoms with Gasteiger partial charge < -0.3 is 10.1 Å². The summed E-state index contributed by atoms with van der Waals surface area (Å²) in [5, 5.41) is 2.79. The molecule has 0 saturated carbocycles. The van der Waals surface area contributed by atoms with E-state index in [1.165, 1.54) is 29.8 Å². The number of unbranched alkanes of at least 4 members (excludes halogenated alkanes) is 1. The second-order valence-corrected chi connectivity index (χ2v) is 9.19. The molecule has 1 amide bonds. The van der Waals surface area contributed by atoms with Crippen molar-refractivity contribution in [1.29, 1.82) is 0 Å². The van der Waals surface area contributed by atoms with Gasteiger partial charge in [-0.2, -0.15) is 0 Å². The van der Waals surface area contributed by atoms with Crippen molar-refractivity contribution < 1.29 is 17.9 Å². The van der Waals surface area contributed by atoms with Gasteiger partial charge in [0.1, 0.15) is 5.75 Å². The molecule has 0 aromatic heterocycles. The van der Waals surface area contributed by atoms with Crippen LogP contribution in [0.25, 0.3) is 0 Å². The van der Waals surface area contributed by atoms with Gasteiger partial charge >= 0.3 is 0 Å². The lowest BCUT2D eigenvalue weighted by molar-refractivity contribution is -0.118. The Labute approximate surface area is 189 Å². The number of rotatable bonds is 11. The van der Waals surface area contributed by atoms with E-state index in [0.29, 0.717) is 11.4 Å². The Morgan fingerprint density at radius 1 is 0.875 bits per heavy atom. The fourth-order valence-electron chi connectivity index (χ4n) is 3.05. The van der Waals surface area contributed by atoms with Crippen LogP contribution in [0.5, 0.6) is 5.75 Å². The summed E-state index contributed by atoms with van der Waals surface area (Å²) >= 11 is 0. The summed E-state index contributed by atoms with van der Waals surface area (Å²) in [6.45, 7) is 2.20. The molecule has 0 spiro atoms. The summed E-state index contributed by atoms with van der Waals surface area (Å²) in [7, 11) is -3.64. The van der Waals surface area contributed by atoms with Crippen LogP contribution in [0.4, 0.5) is 5.69 Å². The Hall–Kier alpha value is -3.16. The van der Waals surface area contributed by atoms with Gasteiger partial charge in [0.2, 0.25) is 10.0 Å². The standard InChI is InChI=1S/C25H28N2O4S/c1-2-3-7-20-10-12-22(13-11-20)27-25(28)19-31-23-14-16-24(17-15-23)32(29,30)26-18-21-8-5-4-6-9-21/h4-6,8-17,26H,2-3,7,18-19H2,1H3,(H,27,28). The van der Waals surface area contributed by atoms with E-state index in [-0.39, 0.29) is 24.0 Å². The zero-order valence-corrected chi connectivity index (χ0v) is 18.9. The van der Waals surface area contributed by atoms with Gasteiger partial charge in [0.25, 0.3) is 5.91 Å². The molecule has 0 radical (unpaired) electrons. The van der Waals surface area contributed by atoms with Crippen LogP contribution in [0.3, 0.4) is 0 Å². The number of hydrogen-bond acceptors (Lipinski definition) is 4. The average molecular weight is 453 g/mol. The van der Waals surface area contributed by atoms with Gasteiger partial charge in [-0.15, -0.1) is 0 Å². The second-order valence-electron chi connectivity index (χ2n) is 7.42. The number of hydrogen-bond donors (Lipinski definition) is 2. The van der Waals surface area contributed by atoms with Gasteiger partial charge in [0.05, 0.1) is 4.90 Å². The Bertz CT molecular complexity index is 1100. The predicted octanol–water partition coefficient (Wildman–Crippen LogP) is 4.53. The van der Waals surface area contributed by atoms with E-state index in [4.69, 9.17) is 4.74 Å². The van der Waals surface area contributed by atoms with Crippen LogP contribution in [0.2, 0.25) is 0 Å². The van der Waals surface area contributed by atoms with Crippen LogP contribution in [-0.4, -0.2) is 20.9 Å². The Morgan fingerprint density at radius 3 is 2.22 bits per heavy atom. The third-order valence-corrected chi connectivity index (χ3v) is 6.29. The minimum absolute atomic E-state index is 0.133. The van der Waals surface area contributed by atoms with Crippen LogP contribution in [0.15, 0.2) is 83.8 Å². The first-order valence-electron chi connectivity index (χ1n) is 10.6. The quantitative estimate of drug-likeness (QED) is 0.448. The molecule has 0 unspecified atom stereocenters. The zero-order chi connectivity index (χ0) is 22.8. The van der Waals surface area contributed by atoms with Crippen LogP contribution < -0.4 is 14.8 Å². The zero-order valence-electron chi connectivity index (χ0n) is 18.1. The van der Waals surface area contributed by atoms with Crippen molar-refractivity contribution in [2.75, 3.05) is 11.9 Å². The Kier molecular flexibility index (Phi) is 8.41. The molecule has 2 N–H and O–H groups in total. The average Bonchev–Trinajstić information content (AvgIpc) is 2.82. The molecule has 168 valence electrons. The van der Waals surface area contributed by atoms with Gasteiger partial charge in [-0.1, -0.05) is 55.8 Å². The molecule has 0 atom stereocenters. The van der Waals surface area contributed by atoms with Gasteiger partial charge in [0, 0.05) is 12.2 Å². The number of anilines is 1. The number of aryl methyl sites for hydroxylation is 1. The maximum atomic E-state index is 12.5. The van der Waals surface area contributed by atoms with E-state index in [0.717, 1.165) is 24.8 Å². The summed E-state index contributed by atoms with van der Waals surface area (Å²) in [4.78, 5) is 12.3. The molecule has 0 fully saturated rings. The molecule has 32 heavy (non-hydrogen) atoms. The maximum absolute atomic E-state index is 12.5. The van der Waals surface area contributed by atoms with Crippen molar-refractivity contribution in [1.82, 2.24) is 4.72 Å². The number of carbonyl (C=O) groups excluding carboxylic acids is 1. The van der Waals surface area contributed by atoms with Gasteiger partial charge in [-0.3, -0.25) is 4.79 Å². The van der Waals surface area contributed by atoms with Gasteiger partial charge in [-0.05, 0) is 60.4 Å². The first kappa shape index (κ1) is 23.5. The largest absolute Gasteiger partial charge is 0.484 e. The van der Waals surface area contributed by atoms with Crippen molar-refractivity contribution in [3.8, 4) is 5.75 Å². The molecule has 3 rings (SSSR count). The summed E-state index contributed by atoms with van der Waals surface area (Å²) in [5.74, 6) is 0.129. The number of sulfonamides is 1. The molecule has 3 aromatic carbocycles. The first-order chi connectivity index (χ1) is 15.5. The third kappa shape index (κ3) is 7.21. The summed E-state index contributed by atoms with van der Waals surface area (Å²) in [6, 6.07) is 23.1. The summed E-state index contributed by atoms with van der Waals surface area (Å²) < 4.78 is 33.0. The van der Waals surface area contributed by atoms with Gasteiger partial charge in [0.15, 0.2) is 6.61 Å². The molecule has 0 saturated heterocycles. The molecule has 0 heterocycles. The van der Waals surface area contributed by atoms with E-state index >= 15 is 0 Å². The van der Waals surface area contributed by atoms with E-state index in [2.05, 4.69) is 17.0 Å². The lowest BCUT2D eigenvalue weighted by atomic mass is 10.1. The summed E-state index contributed by atoms with van der Waals surface area (Å²) in [5.41, 5.74) is 2.83. The number of ether oxygens (including phenoxy) is 1. The predicted molar refractivity (Wildman–Crippen MR) is 126 cm³/mol. The molecule has 7 heteroatoms. The molecule has 6 nitrogen and oxygen atoms in total. The normalized spacial score (nSPS) is 11.2. The molecule has 0 aliphatic rings. The lowest BCUT2D eigenvalue weighted by Crippen LogP contribution is -2.23. The van der Waals surface area contributed by atoms with E-state index in [1.807, 2.05) is 54.6 Å². The van der Waals surface area contributed by atoms with Crippen molar-refractivity contribution in [2.24, 2.45) is 0 Å². The maximum Gasteiger partial charge on any atom is 0.262 e. The smallest absolute Gasteiger partial charge is 0.262 e. The molecule has 3 aromatic rings. The van der Waals surface area contributed by atoms with Crippen molar-refractivity contribution in [2.45, 2.75) is 37.6 Å². The highest BCUT2D eigenvalue weighted by Crippen LogP contribution is 2.17. The van der Waals surface area contributed by atoms with Crippen LogP contribution in [-0.2, 0) is 27.8 Å². The first-order valence-corrected chi connectivity index (χ1v) is 12.1. The number of benzene rings is 3. The fourth-order valence-corrected chi connectivity index (χ4v) is 4.07. The fraction of sp³-hybridized carbons (Fsp3) is 0.240. The molecule has 0 aliphatic heterocycles. The molecule has 0 aliphatic carbocycles. The Morgan fingerprint density at radius 2 is 1.56 bits per heavy atom. The number of amides is 1. The van der Waals surface area contributed by atoms with Crippen LogP contribution >= 0.6 is 0 Å². The highest BCUT2D eigenvalue weighted by molar-refractivity contribution is 7.89. The van der Waals surface area contributed by atoms with Crippen molar-refractivity contribution in [3.63, 3.8) is 0 Å². The van der Waals surface area contributed by atoms with Crippen LogP contribution in [0, 0.1) is 0 Å². The van der Waals surface area contributed by atoms with Crippen LogP contribution in [0.1, 0.15) is 30.9 Å². The van der Waals surface area contributed by atoms with E-state index in [9.17, 15) is 13.2 Å². The SMILES string of the molecule is CCCCc1ccc(NC(=O)COc2ccc(S(=O)(=O)NCc3ccccc3)cc2)cc1. The molecular weight excluding hydrogens is 424 g/mol. The number of carbonyl (C=O) groups is 1. The Balaban J connectivity index is 1.48. The van der Waals surface area contributed by atoms with Crippen molar-refractivity contribution in [3.05, 3.63) is 90.0 Å². The van der Waals surface area contributed by atoms with E-state index < -0.39 is 10.0 Å². The summed E-state index contributed by atoms with van der Waals surface area (Å²) in [6.07, 6.45) is 3.32. The lowest BCUT2D eigenvalue weighted by Gasteiger charge is -2.10. The second kappa shape index (κ2) is 11.5. The monoisotopic (exact) mass is 452 g/mol. The minimum atomic E-state index is -3.64. The third-order valence-electron chi connectivity index (χ3n) is 4.87. The highest BCUT2D eigenvalue weighted by Gasteiger charge is 2.14. The molecule has 0 bridgehead atoms. The topological polar surface area (TPSA) is 84.5 Å². The highest BCUT2D eigenvalue weighted by atomic mass is 32.2. The minimum Gasteiger partial charge on any atom is -0.484 e. The molecular formula is C25H28N2O4S. The van der Waals surface area contributed by atoms with E-state index in [1.54, 1.807) is 0 Å². The van der Waals surface area contributed by atoms with Gasteiger partial charge in [-0.25, -0.2) is 13.1 Å². The van der Waals surface area contributed by atoms with Crippen molar-refractivity contribution >= 4 is 21.6 Å².